The summed E-state index contributed by atoms with van der Waals surface area (Å²) >= 11 is 0. The molecule has 1 aliphatic carbocycles. The summed E-state index contributed by atoms with van der Waals surface area (Å²) < 4.78 is 0. The van der Waals surface area contributed by atoms with Gasteiger partial charge in [0.2, 0.25) is 0 Å². The molecule has 8 heavy (non-hydrogen) atoms. The Morgan fingerprint density at radius 2 is 2.25 bits per heavy atom. The molecule has 0 atom stereocenters. The fraction of sp³-hybridized carbons (Fsp3) is 0. The third kappa shape index (κ3) is 1.90. The second-order valence-electron chi connectivity index (χ2n) is 1.34. The van der Waals surface area contributed by atoms with Crippen LogP contribution in [-0.2, 0) is 4.79 Å². The zero-order valence-electron chi connectivity index (χ0n) is 4.37. The molecule has 0 bridgehead atoms. The molecule has 0 N–H and O–H groups in total. The van der Waals surface area contributed by atoms with E-state index in [1.807, 2.05) is 12.5 Å². The summed E-state index contributed by atoms with van der Waals surface area (Å²) in [5.41, 5.74) is 0.750. The van der Waals surface area contributed by atoms with E-state index in [0.29, 0.717) is 0 Å². The molecule has 1 aliphatic rings. The first-order valence-electron chi connectivity index (χ1n) is 2.10. The van der Waals surface area contributed by atoms with Gasteiger partial charge in [0.25, 0.3) is 0 Å². The SMILES string of the molecule is O=CC1=C[CH]C=C1.[Tl]. The molecule has 1 nitrogen and oxygen atoms in total. The first kappa shape index (κ1) is 8.07. The van der Waals surface area contributed by atoms with Crippen molar-refractivity contribution in [1.82, 2.24) is 0 Å². The summed E-state index contributed by atoms with van der Waals surface area (Å²) in [6, 6.07) is 0. The maximum Gasteiger partial charge on any atom is 0.149 e. The largest absolute Gasteiger partial charge is 0.298 e. The number of carbonyl (C=O) groups is 1. The number of aldehydes is 1. The third-order valence-corrected chi connectivity index (χ3v) is 0.825. The van der Waals surface area contributed by atoms with Gasteiger partial charge in [-0.2, -0.15) is 0 Å². The van der Waals surface area contributed by atoms with E-state index in [1.54, 1.807) is 12.2 Å². The maximum absolute atomic E-state index is 9.87. The van der Waals surface area contributed by atoms with Gasteiger partial charge in [-0.3, -0.25) is 4.79 Å². The fourth-order valence-electron chi connectivity index (χ4n) is 0.467. The van der Waals surface area contributed by atoms with E-state index >= 15 is 0 Å². The monoisotopic (exact) mass is 298 g/mol. The molecular formula is C6H5OTl. The van der Waals surface area contributed by atoms with Gasteiger partial charge < -0.3 is 0 Å². The number of hydrogen-bond acceptors (Lipinski definition) is 1. The molecule has 0 amide bonds. The Bertz CT molecular complexity index is 135. The zero-order valence-corrected chi connectivity index (χ0v) is 8.86. The first-order valence-corrected chi connectivity index (χ1v) is 2.10. The third-order valence-electron chi connectivity index (χ3n) is 0.825. The molecule has 2 radical (unpaired) electrons. The summed E-state index contributed by atoms with van der Waals surface area (Å²) in [6.45, 7) is 0. The Labute approximate surface area is 68.6 Å². The molecule has 0 aromatic carbocycles. The number of carbonyl (C=O) groups excluding carboxylic acids is 1. The minimum absolute atomic E-state index is 0. The van der Waals surface area contributed by atoms with Crippen molar-refractivity contribution >= 4 is 33.6 Å². The second-order valence-corrected chi connectivity index (χ2v) is 1.34. The van der Waals surface area contributed by atoms with E-state index < -0.39 is 0 Å². The number of allylic oxidation sites excluding steroid dienone is 4. The van der Waals surface area contributed by atoms with E-state index in [9.17, 15) is 4.79 Å². The summed E-state index contributed by atoms with van der Waals surface area (Å²) in [7, 11) is 0. The predicted molar refractivity (Wildman–Crippen MR) is 33.3 cm³/mol. The molecule has 0 aromatic rings. The van der Waals surface area contributed by atoms with E-state index in [1.165, 1.54) is 0 Å². The Balaban J connectivity index is 0.000000490. The van der Waals surface area contributed by atoms with E-state index in [0.717, 1.165) is 11.9 Å². The molecule has 0 unspecified atom stereocenters. The van der Waals surface area contributed by atoms with Crippen molar-refractivity contribution in [2.24, 2.45) is 0 Å². The summed E-state index contributed by atoms with van der Waals surface area (Å²) in [5, 5.41) is 0. The average Bonchev–Trinajstić information content (AvgIpc) is 2.14. The van der Waals surface area contributed by atoms with Gasteiger partial charge in [-0.15, -0.1) is 0 Å². The van der Waals surface area contributed by atoms with E-state index in [-0.39, 0.29) is 27.3 Å². The maximum atomic E-state index is 9.87. The van der Waals surface area contributed by atoms with Gasteiger partial charge >= 0.3 is 0 Å². The summed E-state index contributed by atoms with van der Waals surface area (Å²) in [6.07, 6.45) is 8.05. The molecule has 2 heteroatoms. The van der Waals surface area contributed by atoms with E-state index in [4.69, 9.17) is 0 Å². The zero-order chi connectivity index (χ0) is 5.11. The smallest absolute Gasteiger partial charge is 0.149 e. The van der Waals surface area contributed by atoms with Crippen molar-refractivity contribution < 1.29 is 4.79 Å². The number of rotatable bonds is 1. The predicted octanol–water partition coefficient (Wildman–Crippen LogP) is 0.505. The van der Waals surface area contributed by atoms with Crippen molar-refractivity contribution in [3.63, 3.8) is 0 Å². The Hall–Kier alpha value is 0.0721. The van der Waals surface area contributed by atoms with E-state index in [2.05, 4.69) is 0 Å². The Morgan fingerprint density at radius 1 is 1.50 bits per heavy atom. The minimum Gasteiger partial charge on any atom is -0.298 e. The van der Waals surface area contributed by atoms with Crippen LogP contribution in [0.15, 0.2) is 23.8 Å². The first-order chi connectivity index (χ1) is 3.43. The van der Waals surface area contributed by atoms with Crippen molar-refractivity contribution in [3.8, 4) is 0 Å². The van der Waals surface area contributed by atoms with Crippen LogP contribution in [0.4, 0.5) is 0 Å². The fourth-order valence-corrected chi connectivity index (χ4v) is 0.467. The minimum atomic E-state index is 0. The van der Waals surface area contributed by atoms with Crippen LogP contribution < -0.4 is 0 Å². The Morgan fingerprint density at radius 3 is 2.50 bits per heavy atom. The average molecular weight is 297 g/mol. The van der Waals surface area contributed by atoms with Crippen LogP contribution in [0.25, 0.3) is 0 Å². The van der Waals surface area contributed by atoms with Crippen LogP contribution in [0.1, 0.15) is 0 Å². The molecule has 0 aliphatic heterocycles. The normalized spacial score (nSPS) is 14.8. The van der Waals surface area contributed by atoms with Crippen molar-refractivity contribution in [2.75, 3.05) is 0 Å². The summed E-state index contributed by atoms with van der Waals surface area (Å²) in [4.78, 5) is 9.87. The molecule has 0 heterocycles. The molecule has 0 aromatic heterocycles. The van der Waals surface area contributed by atoms with Crippen LogP contribution in [0, 0.1) is 6.42 Å². The van der Waals surface area contributed by atoms with Crippen molar-refractivity contribution in [2.45, 2.75) is 0 Å². The Kier molecular flexibility index (Phi) is 4.04. The van der Waals surface area contributed by atoms with Gasteiger partial charge in [0.1, 0.15) is 6.29 Å². The van der Waals surface area contributed by atoms with Crippen LogP contribution in [-0.4, -0.2) is 33.6 Å². The van der Waals surface area contributed by atoms with Gasteiger partial charge in [0.05, 0.1) is 0 Å². The van der Waals surface area contributed by atoms with Gasteiger partial charge in [-0.1, -0.05) is 18.2 Å². The quantitative estimate of drug-likeness (QED) is 0.509. The standard InChI is InChI=1S/C6H5O.Tl/c7-5-6-3-1-2-4-6;/h1-5H;. The summed E-state index contributed by atoms with van der Waals surface area (Å²) in [5.74, 6) is 0. The van der Waals surface area contributed by atoms with Crippen LogP contribution >= 0.6 is 0 Å². The second kappa shape index (κ2) is 4.00. The topological polar surface area (TPSA) is 17.1 Å². The molecule has 0 spiro atoms. The molecule has 0 fully saturated rings. The van der Waals surface area contributed by atoms with Crippen molar-refractivity contribution in [3.05, 3.63) is 30.2 Å². The van der Waals surface area contributed by atoms with Crippen LogP contribution in [0.2, 0.25) is 0 Å². The molecular weight excluding hydrogens is 292 g/mol. The van der Waals surface area contributed by atoms with Crippen LogP contribution in [0.3, 0.4) is 0 Å². The number of hydrogen-bond donors (Lipinski definition) is 0. The van der Waals surface area contributed by atoms with Gasteiger partial charge in [-0.25, -0.2) is 0 Å². The van der Waals surface area contributed by atoms with Gasteiger partial charge in [-0.05, 0) is 0 Å². The molecule has 1 rings (SSSR count). The molecule has 0 saturated carbocycles. The molecule has 38 valence electrons. The van der Waals surface area contributed by atoms with Gasteiger partial charge in [0.15, 0.2) is 0 Å². The van der Waals surface area contributed by atoms with Gasteiger partial charge in [0, 0.05) is 39.3 Å². The van der Waals surface area contributed by atoms with Crippen molar-refractivity contribution in [1.29, 1.82) is 0 Å². The van der Waals surface area contributed by atoms with Crippen LogP contribution in [0.5, 0.6) is 0 Å². The molecule has 0 saturated heterocycles.